The molecule has 6 aromatic rings. The van der Waals surface area contributed by atoms with E-state index in [0.29, 0.717) is 34.7 Å². The molecule has 0 atom stereocenters. The van der Waals surface area contributed by atoms with Gasteiger partial charge in [0.1, 0.15) is 43.1 Å². The molecule has 0 spiro atoms. The number of aromatic hydroxyl groups is 2. The number of phenolic OH excluding ortho intramolecular Hbond substituents is 2. The van der Waals surface area contributed by atoms with Crippen molar-refractivity contribution in [1.82, 2.24) is 0 Å². The summed E-state index contributed by atoms with van der Waals surface area (Å²) in [6.07, 6.45) is 0.841. The van der Waals surface area contributed by atoms with Gasteiger partial charge in [-0.15, -0.1) is 20.5 Å². The zero-order chi connectivity index (χ0) is 40.9. The van der Waals surface area contributed by atoms with Crippen LogP contribution >= 0.6 is 0 Å². The number of benzene rings is 6. The molecule has 0 radical (unpaired) electrons. The summed E-state index contributed by atoms with van der Waals surface area (Å²) in [5, 5.41) is 60.1. The summed E-state index contributed by atoms with van der Waals surface area (Å²) < 4.78 is 67.8. The Morgan fingerprint density at radius 1 is 0.561 bits per heavy atom. The van der Waals surface area contributed by atoms with Crippen LogP contribution in [0.25, 0.3) is 21.5 Å². The third kappa shape index (κ3) is 10.2. The number of nitrogens with zero attached hydrogens (tertiary/aromatic N) is 6. The topological polar surface area (TPSA) is 291 Å². The summed E-state index contributed by atoms with van der Waals surface area (Å²) in [7, 11) is -9.42. The second-order valence-electron chi connectivity index (χ2n) is 11.7. The van der Waals surface area contributed by atoms with Crippen molar-refractivity contribution in [3.8, 4) is 11.5 Å². The molecule has 0 saturated carbocycles. The van der Waals surface area contributed by atoms with Gasteiger partial charge < -0.3 is 19.3 Å². The van der Waals surface area contributed by atoms with E-state index in [1.54, 1.807) is 38.1 Å². The van der Waals surface area contributed by atoms with Gasteiger partial charge in [-0.2, -0.15) is 0 Å². The zero-order valence-corrected chi connectivity index (χ0v) is 35.9. The number of para-hydroxylation sites is 2. The van der Waals surface area contributed by atoms with Gasteiger partial charge in [0.15, 0.2) is 11.4 Å². The van der Waals surface area contributed by atoms with Gasteiger partial charge in [0.25, 0.3) is 11.4 Å². The van der Waals surface area contributed by atoms with E-state index >= 15 is 0 Å². The first-order valence-electron chi connectivity index (χ1n) is 16.2. The number of aryl methyl sites for hydroxylation is 2. The third-order valence-electron chi connectivity index (χ3n) is 8.30. The first-order valence-corrected chi connectivity index (χ1v) is 19.1. The molecule has 21 heteroatoms. The molecule has 0 bridgehead atoms. The van der Waals surface area contributed by atoms with Crippen LogP contribution in [0.2, 0.25) is 0 Å². The summed E-state index contributed by atoms with van der Waals surface area (Å²) in [6, 6.07) is 22.2. The third-order valence-corrected chi connectivity index (χ3v) is 9.97. The van der Waals surface area contributed by atoms with E-state index in [0.717, 1.165) is 24.3 Å². The van der Waals surface area contributed by atoms with Crippen LogP contribution in [0.4, 0.5) is 34.1 Å². The van der Waals surface area contributed by atoms with Crippen molar-refractivity contribution in [1.29, 1.82) is 0 Å². The molecule has 288 valence electrons. The smallest absolute Gasteiger partial charge is 0.744 e. The van der Waals surface area contributed by atoms with E-state index in [2.05, 4.69) is 20.5 Å². The van der Waals surface area contributed by atoms with Crippen LogP contribution in [0, 0.1) is 20.2 Å². The molecule has 0 amide bonds. The predicted octanol–water partition coefficient (Wildman–Crippen LogP) is 8.29. The van der Waals surface area contributed by atoms with Gasteiger partial charge in [-0.3, -0.25) is 20.2 Å². The molecule has 0 aromatic heterocycles. The van der Waals surface area contributed by atoms with Crippen LogP contribution in [0.15, 0.2) is 127 Å². The Balaban J connectivity index is 0.000000248. The maximum atomic E-state index is 11.4. The molecule has 0 heterocycles. The Bertz CT molecular complexity index is 2640. The second kappa shape index (κ2) is 18.4. The van der Waals surface area contributed by atoms with Crippen LogP contribution in [0.1, 0.15) is 25.0 Å². The van der Waals surface area contributed by atoms with Crippen LogP contribution in [-0.4, -0.2) is 94.9 Å². The number of phenols is 2. The SMILES string of the molecule is CCc1cccc(N=Nc2c(O)ccc3ccc(S(=O)(=O)[O-])cc23)c1[N+](=O)[O-].CCc1cccc(N=Nc2c(O)ccc3ccc(S(=O)(=O)[O-])cc23)c1[N+](=O)[O-].[Ba+2]. The number of fused-ring (bicyclic) bond motifs is 2. The number of nitro benzene ring substituents is 2. The van der Waals surface area contributed by atoms with Gasteiger partial charge in [-0.05, 0) is 72.1 Å². The van der Waals surface area contributed by atoms with Gasteiger partial charge in [0, 0.05) is 21.9 Å². The molecule has 0 aliphatic carbocycles. The van der Waals surface area contributed by atoms with E-state index in [4.69, 9.17) is 0 Å². The van der Waals surface area contributed by atoms with Crippen molar-refractivity contribution in [3.63, 3.8) is 0 Å². The quantitative estimate of drug-likeness (QED) is 0.0431. The molecule has 0 fully saturated rings. The van der Waals surface area contributed by atoms with E-state index in [-0.39, 0.29) is 105 Å². The minimum absolute atomic E-state index is 0. The summed E-state index contributed by atoms with van der Waals surface area (Å²) in [5.74, 6) is -0.628. The Morgan fingerprint density at radius 2 is 0.912 bits per heavy atom. The van der Waals surface area contributed by atoms with Crippen molar-refractivity contribution in [3.05, 3.63) is 128 Å². The summed E-state index contributed by atoms with van der Waals surface area (Å²) in [4.78, 5) is 20.7. The number of rotatable bonds is 10. The first-order chi connectivity index (χ1) is 26.4. The first kappa shape index (κ1) is 44.5. The summed E-state index contributed by atoms with van der Waals surface area (Å²) in [5.41, 5.74) is 0.347. The van der Waals surface area contributed by atoms with Gasteiger partial charge in [-0.25, -0.2) is 16.8 Å². The molecule has 0 unspecified atom stereocenters. The molecule has 0 saturated heterocycles. The molecule has 6 rings (SSSR count). The molecule has 2 N–H and O–H groups in total. The van der Waals surface area contributed by atoms with E-state index in [9.17, 15) is 56.4 Å². The average molecular weight is 938 g/mol. The fraction of sp³-hybridized carbons (Fsp3) is 0.111. The van der Waals surface area contributed by atoms with Gasteiger partial charge in [0.2, 0.25) is 0 Å². The maximum Gasteiger partial charge on any atom is 2.00 e. The molecular formula is C36H28BaN6O12S2. The van der Waals surface area contributed by atoms with Crippen molar-refractivity contribution in [2.45, 2.75) is 36.5 Å². The Kier molecular flexibility index (Phi) is 14.4. The minimum atomic E-state index is -4.71. The van der Waals surface area contributed by atoms with Crippen LogP contribution in [0.3, 0.4) is 0 Å². The minimum Gasteiger partial charge on any atom is -0.744 e. The van der Waals surface area contributed by atoms with E-state index < -0.39 is 39.9 Å². The van der Waals surface area contributed by atoms with Crippen molar-refractivity contribution >= 4 is 125 Å². The number of nitro groups is 2. The molecule has 18 nitrogen and oxygen atoms in total. The van der Waals surface area contributed by atoms with Crippen LogP contribution in [0.5, 0.6) is 11.5 Å². The monoisotopic (exact) mass is 938 g/mol. The van der Waals surface area contributed by atoms with Gasteiger partial charge in [-0.1, -0.05) is 62.4 Å². The predicted molar refractivity (Wildman–Crippen MR) is 206 cm³/mol. The van der Waals surface area contributed by atoms with Crippen molar-refractivity contribution in [2.24, 2.45) is 20.5 Å². The normalized spacial score (nSPS) is 11.7. The van der Waals surface area contributed by atoms with Gasteiger partial charge >= 0.3 is 48.9 Å². The van der Waals surface area contributed by atoms with Crippen LogP contribution < -0.4 is 0 Å². The Labute approximate surface area is 364 Å². The summed E-state index contributed by atoms with van der Waals surface area (Å²) >= 11 is 0. The molecule has 57 heavy (non-hydrogen) atoms. The Hall–Kier alpha value is -5.17. The van der Waals surface area contributed by atoms with Crippen molar-refractivity contribution < 1.29 is 46.0 Å². The number of azo groups is 2. The summed E-state index contributed by atoms with van der Waals surface area (Å²) in [6.45, 7) is 3.54. The average Bonchev–Trinajstić information content (AvgIpc) is 3.15. The molecular weight excluding hydrogens is 910 g/mol. The van der Waals surface area contributed by atoms with Gasteiger partial charge in [0.05, 0.1) is 19.6 Å². The molecule has 6 aromatic carbocycles. The largest absolute Gasteiger partial charge is 2.00 e. The molecule has 0 aliphatic rings. The van der Waals surface area contributed by atoms with Crippen LogP contribution in [-0.2, 0) is 33.1 Å². The number of hydrogen-bond acceptors (Lipinski definition) is 16. The number of hydrogen-bond donors (Lipinski definition) is 2. The fourth-order valence-electron chi connectivity index (χ4n) is 5.58. The maximum absolute atomic E-state index is 11.4. The standard InChI is InChI=1S/2C18H15N3O6S.Ba/c2*1-2-11-4-3-5-15(18(11)21(23)24)19-20-17-14-10-13(28(25,26)27)8-6-12(14)7-9-16(17)22;/h2*3-10,22H,2H2,1H3,(H,25,26,27);/q;;+2/p-2. The zero-order valence-electron chi connectivity index (χ0n) is 29.8. The van der Waals surface area contributed by atoms with Crippen molar-refractivity contribution in [2.75, 3.05) is 0 Å². The van der Waals surface area contributed by atoms with E-state index in [1.165, 1.54) is 48.5 Å². The van der Waals surface area contributed by atoms with E-state index in [1.807, 2.05) is 0 Å². The molecule has 0 aliphatic heterocycles. The Morgan fingerprint density at radius 3 is 1.23 bits per heavy atom. The second-order valence-corrected chi connectivity index (χ2v) is 14.5. The fourth-order valence-corrected chi connectivity index (χ4v) is 6.57.